The third kappa shape index (κ3) is 2.61. The van der Waals surface area contributed by atoms with Crippen molar-refractivity contribution in [1.29, 1.82) is 0 Å². The molecule has 0 unspecified atom stereocenters. The lowest BCUT2D eigenvalue weighted by molar-refractivity contribution is 0.641. The van der Waals surface area contributed by atoms with Crippen LogP contribution < -0.4 is 5.73 Å². The first kappa shape index (κ1) is 13.6. The Kier molecular flexibility index (Phi) is 3.60. The van der Waals surface area contributed by atoms with Crippen LogP contribution in [0.15, 0.2) is 36.9 Å². The molecule has 0 aliphatic heterocycles. The van der Waals surface area contributed by atoms with Gasteiger partial charge < -0.3 is 10.3 Å². The molecular weight excluding hydrogens is 260 g/mol. The van der Waals surface area contributed by atoms with Crippen LogP contribution in [0.3, 0.4) is 0 Å². The summed E-state index contributed by atoms with van der Waals surface area (Å²) in [6, 6.07) is 6.29. The Labute approximate surface area is 124 Å². The van der Waals surface area contributed by atoms with Gasteiger partial charge in [0.1, 0.15) is 5.82 Å². The molecule has 0 spiro atoms. The number of nitrogen functional groups attached to an aromatic ring is 1. The number of benzene rings is 1. The minimum atomic E-state index is 0.667. The zero-order valence-corrected chi connectivity index (χ0v) is 12.5. The first-order valence-corrected chi connectivity index (χ1v) is 7.27. The second kappa shape index (κ2) is 5.56. The normalized spacial score (nSPS) is 11.1. The van der Waals surface area contributed by atoms with Gasteiger partial charge in [0.05, 0.1) is 11.8 Å². The van der Waals surface area contributed by atoms with Gasteiger partial charge in [0.2, 0.25) is 0 Å². The number of aryl methyl sites for hydroxylation is 3. The van der Waals surface area contributed by atoms with E-state index in [1.807, 2.05) is 12.5 Å². The molecule has 2 heterocycles. The highest BCUT2D eigenvalue weighted by Gasteiger charge is 2.11. The van der Waals surface area contributed by atoms with Crippen LogP contribution in [0.2, 0.25) is 0 Å². The fourth-order valence-corrected chi connectivity index (χ4v) is 2.83. The average Bonchev–Trinajstić information content (AvgIpc) is 2.97. The van der Waals surface area contributed by atoms with E-state index in [0.717, 1.165) is 24.9 Å². The molecule has 21 heavy (non-hydrogen) atoms. The van der Waals surface area contributed by atoms with Gasteiger partial charge in [-0.1, -0.05) is 18.2 Å². The predicted molar refractivity (Wildman–Crippen MR) is 86.2 cm³/mol. The molecule has 0 aliphatic rings. The maximum absolute atomic E-state index is 6.19. The number of nitrogens with two attached hydrogens (primary N) is 1. The highest BCUT2D eigenvalue weighted by Crippen LogP contribution is 2.27. The zero-order valence-electron chi connectivity index (χ0n) is 12.5. The Balaban J connectivity index is 1.88. The number of anilines is 1. The van der Waals surface area contributed by atoms with Gasteiger partial charge in [-0.3, -0.25) is 0 Å². The Bertz CT molecular complexity index is 760. The van der Waals surface area contributed by atoms with Crippen molar-refractivity contribution in [3.05, 3.63) is 53.6 Å². The predicted octanol–water partition coefficient (Wildman–Crippen LogP) is 3.26. The Morgan fingerprint density at radius 3 is 2.86 bits per heavy atom. The number of imidazole rings is 1. The van der Waals surface area contributed by atoms with Crippen molar-refractivity contribution in [3.8, 4) is 0 Å². The molecule has 108 valence electrons. The van der Waals surface area contributed by atoms with Crippen molar-refractivity contribution < 1.29 is 0 Å². The molecule has 0 atom stereocenters. The van der Waals surface area contributed by atoms with Gasteiger partial charge in [-0.25, -0.2) is 9.97 Å². The maximum atomic E-state index is 6.19. The Morgan fingerprint density at radius 2 is 2.10 bits per heavy atom. The average molecular weight is 280 g/mol. The third-order valence-corrected chi connectivity index (χ3v) is 4.04. The summed E-state index contributed by atoms with van der Waals surface area (Å²) in [5.74, 6) is 0.667. The van der Waals surface area contributed by atoms with E-state index >= 15 is 0 Å². The molecule has 0 saturated carbocycles. The van der Waals surface area contributed by atoms with E-state index in [-0.39, 0.29) is 0 Å². The quantitative estimate of drug-likeness (QED) is 0.798. The lowest BCUT2D eigenvalue weighted by Gasteiger charge is -2.13. The van der Waals surface area contributed by atoms with Gasteiger partial charge in [0.25, 0.3) is 0 Å². The topological polar surface area (TPSA) is 56.7 Å². The zero-order chi connectivity index (χ0) is 14.8. The number of fused-ring (bicyclic) bond motifs is 1. The third-order valence-electron chi connectivity index (χ3n) is 4.04. The molecule has 0 amide bonds. The van der Waals surface area contributed by atoms with Gasteiger partial charge in [0, 0.05) is 24.3 Å². The molecule has 0 bridgehead atoms. The van der Waals surface area contributed by atoms with Crippen LogP contribution in [0.4, 0.5) is 5.82 Å². The van der Waals surface area contributed by atoms with Gasteiger partial charge in [-0.2, -0.15) is 0 Å². The minimum absolute atomic E-state index is 0.667. The van der Waals surface area contributed by atoms with Crippen molar-refractivity contribution in [3.63, 3.8) is 0 Å². The molecule has 2 aromatic heterocycles. The number of nitrogens with zero attached hydrogens (tertiary/aromatic N) is 3. The fraction of sp³-hybridized carbons (Fsp3) is 0.294. The summed E-state index contributed by atoms with van der Waals surface area (Å²) < 4.78 is 2.09. The van der Waals surface area contributed by atoms with E-state index in [0.29, 0.717) is 5.82 Å². The van der Waals surface area contributed by atoms with E-state index in [4.69, 9.17) is 5.73 Å². The molecule has 2 N–H and O–H groups in total. The van der Waals surface area contributed by atoms with Gasteiger partial charge >= 0.3 is 0 Å². The highest BCUT2D eigenvalue weighted by molar-refractivity contribution is 5.87. The highest BCUT2D eigenvalue weighted by atomic mass is 15.0. The summed E-state index contributed by atoms with van der Waals surface area (Å²) in [5.41, 5.74) is 10.8. The Hall–Kier alpha value is -2.36. The van der Waals surface area contributed by atoms with E-state index in [1.165, 1.54) is 22.1 Å². The second-order valence-corrected chi connectivity index (χ2v) is 5.48. The van der Waals surface area contributed by atoms with E-state index in [9.17, 15) is 0 Å². The first-order valence-electron chi connectivity index (χ1n) is 7.27. The van der Waals surface area contributed by atoms with Crippen LogP contribution in [0, 0.1) is 13.8 Å². The number of para-hydroxylation sites is 1. The monoisotopic (exact) mass is 280 g/mol. The van der Waals surface area contributed by atoms with Crippen molar-refractivity contribution in [2.24, 2.45) is 0 Å². The summed E-state index contributed by atoms with van der Waals surface area (Å²) in [5, 5.41) is 1.21. The molecule has 0 saturated heterocycles. The van der Waals surface area contributed by atoms with E-state index < -0.39 is 0 Å². The lowest BCUT2D eigenvalue weighted by atomic mass is 9.98. The molecule has 4 nitrogen and oxygen atoms in total. The van der Waals surface area contributed by atoms with Crippen LogP contribution in [0.1, 0.15) is 23.1 Å². The standard InChI is InChI=1S/C17H20N4/c1-12-5-3-6-14-13(2)15(17(18)20-16(12)14)7-4-9-21-10-8-19-11-21/h3,5-6,8,10-11H,4,7,9H2,1-2H3,(H2,18,20). The maximum Gasteiger partial charge on any atom is 0.127 e. The summed E-state index contributed by atoms with van der Waals surface area (Å²) >= 11 is 0. The minimum Gasteiger partial charge on any atom is -0.383 e. The van der Waals surface area contributed by atoms with Crippen molar-refractivity contribution in [2.45, 2.75) is 33.2 Å². The number of rotatable bonds is 4. The number of hydrogen-bond acceptors (Lipinski definition) is 3. The fourth-order valence-electron chi connectivity index (χ4n) is 2.83. The van der Waals surface area contributed by atoms with E-state index in [1.54, 1.807) is 6.20 Å². The molecule has 4 heteroatoms. The molecular formula is C17H20N4. The molecule has 0 aliphatic carbocycles. The van der Waals surface area contributed by atoms with Crippen molar-refractivity contribution in [1.82, 2.24) is 14.5 Å². The number of aromatic nitrogens is 3. The molecule has 0 radical (unpaired) electrons. The molecule has 3 rings (SSSR count). The second-order valence-electron chi connectivity index (χ2n) is 5.48. The smallest absolute Gasteiger partial charge is 0.127 e. The van der Waals surface area contributed by atoms with Gasteiger partial charge in [-0.05, 0) is 43.4 Å². The summed E-state index contributed by atoms with van der Waals surface area (Å²) in [6.45, 7) is 5.17. The SMILES string of the molecule is Cc1c(CCCn2ccnc2)c(N)nc2c(C)cccc12. The summed E-state index contributed by atoms with van der Waals surface area (Å²) in [4.78, 5) is 8.67. The van der Waals surface area contributed by atoms with Crippen LogP contribution in [-0.4, -0.2) is 14.5 Å². The molecule has 1 aromatic carbocycles. The first-order chi connectivity index (χ1) is 10.2. The Morgan fingerprint density at radius 1 is 1.24 bits per heavy atom. The van der Waals surface area contributed by atoms with Crippen molar-refractivity contribution in [2.75, 3.05) is 5.73 Å². The lowest BCUT2D eigenvalue weighted by Crippen LogP contribution is -2.05. The largest absolute Gasteiger partial charge is 0.383 e. The van der Waals surface area contributed by atoms with Crippen LogP contribution in [0.5, 0.6) is 0 Å². The van der Waals surface area contributed by atoms with Crippen LogP contribution >= 0.6 is 0 Å². The van der Waals surface area contributed by atoms with Crippen LogP contribution in [-0.2, 0) is 13.0 Å². The summed E-state index contributed by atoms with van der Waals surface area (Å²) in [7, 11) is 0. The van der Waals surface area contributed by atoms with Crippen LogP contribution in [0.25, 0.3) is 10.9 Å². The number of pyridine rings is 1. The van der Waals surface area contributed by atoms with Gasteiger partial charge in [-0.15, -0.1) is 0 Å². The van der Waals surface area contributed by atoms with Gasteiger partial charge in [0.15, 0.2) is 0 Å². The van der Waals surface area contributed by atoms with E-state index in [2.05, 4.69) is 46.6 Å². The molecule has 3 aromatic rings. The number of hydrogen-bond donors (Lipinski definition) is 1. The molecule has 0 fully saturated rings. The summed E-state index contributed by atoms with van der Waals surface area (Å²) in [6.07, 6.45) is 7.60. The van der Waals surface area contributed by atoms with Crippen molar-refractivity contribution >= 4 is 16.7 Å².